The molecule has 0 N–H and O–H groups in total. The van der Waals surface area contributed by atoms with Gasteiger partial charge in [0.15, 0.2) is 0 Å². The second-order valence-corrected chi connectivity index (χ2v) is 5.23. The van der Waals surface area contributed by atoms with Crippen molar-refractivity contribution in [3.63, 3.8) is 0 Å². The summed E-state index contributed by atoms with van der Waals surface area (Å²) in [6.07, 6.45) is 7.83. The number of alkyl halides is 1. The van der Waals surface area contributed by atoms with Crippen LogP contribution in [0.3, 0.4) is 0 Å². The van der Waals surface area contributed by atoms with E-state index >= 15 is 0 Å². The van der Waals surface area contributed by atoms with E-state index in [2.05, 4.69) is 37.6 Å². The van der Waals surface area contributed by atoms with Crippen LogP contribution < -0.4 is 0 Å². The molecule has 0 radical (unpaired) electrons. The van der Waals surface area contributed by atoms with E-state index in [4.69, 9.17) is 0 Å². The summed E-state index contributed by atoms with van der Waals surface area (Å²) in [4.78, 5) is 0. The molecular formula is C12H20BrN3. The average molecular weight is 286 g/mol. The molecule has 1 aliphatic carbocycles. The fourth-order valence-corrected chi connectivity index (χ4v) is 2.99. The van der Waals surface area contributed by atoms with Crippen molar-refractivity contribution < 1.29 is 0 Å². The van der Waals surface area contributed by atoms with Crippen LogP contribution in [-0.4, -0.2) is 14.8 Å². The molecule has 0 spiro atoms. The number of hydrogen-bond donors (Lipinski definition) is 0. The Morgan fingerprint density at radius 3 is 2.56 bits per heavy atom. The third kappa shape index (κ3) is 2.65. The van der Waals surface area contributed by atoms with Crippen LogP contribution in [0.5, 0.6) is 0 Å². The van der Waals surface area contributed by atoms with E-state index in [-0.39, 0.29) is 0 Å². The Bertz CT molecular complexity index is 329. The van der Waals surface area contributed by atoms with E-state index in [1.807, 2.05) is 0 Å². The first-order valence-corrected chi connectivity index (χ1v) is 7.44. The predicted molar refractivity (Wildman–Crippen MR) is 68.6 cm³/mol. The first-order valence-electron chi connectivity index (χ1n) is 6.32. The maximum absolute atomic E-state index is 4.35. The number of hydrogen-bond acceptors (Lipinski definition) is 2. The highest BCUT2D eigenvalue weighted by Crippen LogP contribution is 2.27. The lowest BCUT2D eigenvalue weighted by Gasteiger charge is -2.11. The van der Waals surface area contributed by atoms with Gasteiger partial charge in [-0.25, -0.2) is 0 Å². The van der Waals surface area contributed by atoms with Gasteiger partial charge in [0.05, 0.1) is 5.33 Å². The van der Waals surface area contributed by atoms with E-state index in [9.17, 15) is 0 Å². The first kappa shape index (κ1) is 12.1. The summed E-state index contributed by atoms with van der Waals surface area (Å²) < 4.78 is 2.30. The van der Waals surface area contributed by atoms with Crippen molar-refractivity contribution in [1.29, 1.82) is 0 Å². The highest BCUT2D eigenvalue weighted by atomic mass is 79.9. The van der Waals surface area contributed by atoms with Gasteiger partial charge in [0, 0.05) is 13.0 Å². The minimum absolute atomic E-state index is 0.810. The van der Waals surface area contributed by atoms with Crippen molar-refractivity contribution in [2.24, 2.45) is 5.92 Å². The molecule has 1 aromatic rings. The summed E-state index contributed by atoms with van der Waals surface area (Å²) in [6.45, 7) is 3.26. The third-order valence-electron chi connectivity index (χ3n) is 3.42. The smallest absolute Gasteiger partial charge is 0.143 e. The van der Waals surface area contributed by atoms with Crippen LogP contribution in [0.15, 0.2) is 0 Å². The molecule has 3 nitrogen and oxygen atoms in total. The first-order chi connectivity index (χ1) is 7.85. The van der Waals surface area contributed by atoms with Gasteiger partial charge in [-0.05, 0) is 12.3 Å². The van der Waals surface area contributed by atoms with E-state index < -0.39 is 0 Å². The molecule has 0 aromatic carbocycles. The molecule has 2 rings (SSSR count). The molecule has 1 aromatic heterocycles. The minimum Gasteiger partial charge on any atom is -0.314 e. The summed E-state index contributed by atoms with van der Waals surface area (Å²) in [5, 5.41) is 9.42. The van der Waals surface area contributed by atoms with Crippen LogP contribution >= 0.6 is 15.9 Å². The van der Waals surface area contributed by atoms with Crippen LogP contribution in [0.2, 0.25) is 0 Å². The van der Waals surface area contributed by atoms with Crippen molar-refractivity contribution >= 4 is 15.9 Å². The van der Waals surface area contributed by atoms with Crippen molar-refractivity contribution in [2.45, 2.75) is 57.3 Å². The molecule has 4 heteroatoms. The number of halogens is 1. The molecule has 1 aliphatic rings. The molecule has 0 amide bonds. The Hall–Kier alpha value is -0.380. The van der Waals surface area contributed by atoms with Gasteiger partial charge in [0.1, 0.15) is 11.6 Å². The quantitative estimate of drug-likeness (QED) is 0.777. The summed E-state index contributed by atoms with van der Waals surface area (Å²) in [6, 6.07) is 0. The van der Waals surface area contributed by atoms with Crippen LogP contribution in [-0.2, 0) is 18.3 Å². The zero-order valence-corrected chi connectivity index (χ0v) is 11.5. The highest BCUT2D eigenvalue weighted by molar-refractivity contribution is 9.08. The van der Waals surface area contributed by atoms with E-state index in [1.165, 1.54) is 31.5 Å². The van der Waals surface area contributed by atoms with Crippen molar-refractivity contribution in [3.8, 4) is 0 Å². The molecule has 0 aliphatic heterocycles. The molecule has 1 saturated carbocycles. The second kappa shape index (κ2) is 5.80. The summed E-state index contributed by atoms with van der Waals surface area (Å²) in [5.74, 6) is 3.13. The molecule has 90 valence electrons. The topological polar surface area (TPSA) is 30.7 Å². The van der Waals surface area contributed by atoms with E-state index in [0.29, 0.717) is 0 Å². The summed E-state index contributed by atoms with van der Waals surface area (Å²) in [7, 11) is 0. The number of rotatable bonds is 5. The Morgan fingerprint density at radius 2 is 1.94 bits per heavy atom. The second-order valence-electron chi connectivity index (χ2n) is 4.67. The molecule has 0 bridgehead atoms. The molecular weight excluding hydrogens is 266 g/mol. The van der Waals surface area contributed by atoms with Gasteiger partial charge in [-0.2, -0.15) is 0 Å². The normalized spacial score (nSPS) is 17.1. The molecule has 0 unspecified atom stereocenters. The minimum atomic E-state index is 0.810. The van der Waals surface area contributed by atoms with Crippen molar-refractivity contribution in [3.05, 3.63) is 11.6 Å². The molecule has 16 heavy (non-hydrogen) atoms. The fourth-order valence-electron chi connectivity index (χ4n) is 2.58. The molecule has 1 fully saturated rings. The van der Waals surface area contributed by atoms with Crippen LogP contribution in [0.4, 0.5) is 0 Å². The Labute approximate surface area is 106 Å². The lowest BCUT2D eigenvalue weighted by molar-refractivity contribution is 0.503. The zero-order valence-electron chi connectivity index (χ0n) is 9.95. The Balaban J connectivity index is 2.09. The largest absolute Gasteiger partial charge is 0.314 e. The third-order valence-corrected chi connectivity index (χ3v) is 3.92. The van der Waals surface area contributed by atoms with Gasteiger partial charge in [0.25, 0.3) is 0 Å². The van der Waals surface area contributed by atoms with Gasteiger partial charge < -0.3 is 4.57 Å². The van der Waals surface area contributed by atoms with Gasteiger partial charge in [0.2, 0.25) is 0 Å². The van der Waals surface area contributed by atoms with Crippen molar-refractivity contribution in [1.82, 2.24) is 14.8 Å². The lowest BCUT2D eigenvalue weighted by atomic mass is 10.0. The predicted octanol–water partition coefficient (Wildman–Crippen LogP) is 3.32. The monoisotopic (exact) mass is 285 g/mol. The lowest BCUT2D eigenvalue weighted by Crippen LogP contribution is -2.10. The van der Waals surface area contributed by atoms with Crippen LogP contribution in [0.25, 0.3) is 0 Å². The summed E-state index contributed by atoms with van der Waals surface area (Å²) >= 11 is 3.48. The van der Waals surface area contributed by atoms with Gasteiger partial charge in [-0.15, -0.1) is 10.2 Å². The standard InChI is InChI=1S/C12H20BrN3/c1-2-7-16-11(14-15-12(16)9-13)8-10-5-3-4-6-10/h10H,2-9H2,1H3. The maximum atomic E-state index is 4.35. The van der Waals surface area contributed by atoms with Crippen molar-refractivity contribution in [2.75, 3.05) is 0 Å². The average Bonchev–Trinajstić information content (AvgIpc) is 2.91. The number of nitrogens with zero attached hydrogens (tertiary/aromatic N) is 3. The SMILES string of the molecule is CCCn1c(CBr)nnc1CC1CCCC1. The van der Waals surface area contributed by atoms with Gasteiger partial charge >= 0.3 is 0 Å². The Morgan fingerprint density at radius 1 is 1.25 bits per heavy atom. The molecule has 0 saturated heterocycles. The molecule has 1 heterocycles. The zero-order chi connectivity index (χ0) is 11.4. The van der Waals surface area contributed by atoms with Gasteiger partial charge in [-0.1, -0.05) is 48.5 Å². The fraction of sp³-hybridized carbons (Fsp3) is 0.833. The molecule has 0 atom stereocenters. The highest BCUT2D eigenvalue weighted by Gasteiger charge is 2.19. The number of aromatic nitrogens is 3. The Kier molecular flexibility index (Phi) is 4.38. The van der Waals surface area contributed by atoms with E-state index in [0.717, 1.165) is 36.5 Å². The van der Waals surface area contributed by atoms with E-state index in [1.54, 1.807) is 0 Å². The van der Waals surface area contributed by atoms with Crippen LogP contribution in [0.1, 0.15) is 50.7 Å². The maximum Gasteiger partial charge on any atom is 0.143 e. The summed E-state index contributed by atoms with van der Waals surface area (Å²) in [5.41, 5.74) is 0. The van der Waals surface area contributed by atoms with Crippen LogP contribution in [0, 0.1) is 5.92 Å². The van der Waals surface area contributed by atoms with Gasteiger partial charge in [-0.3, -0.25) is 0 Å².